The SMILES string of the molecule is C[C@H](Oc1ncc(-c2cn3c(C(C)(F)F)nnc3cn2)cc1F)C(F)(F)F. The lowest BCUT2D eigenvalue weighted by Gasteiger charge is -2.17. The number of rotatable bonds is 4. The zero-order chi connectivity index (χ0) is 20.0. The van der Waals surface area contributed by atoms with Gasteiger partial charge in [-0.05, 0) is 13.0 Å². The summed E-state index contributed by atoms with van der Waals surface area (Å²) in [6.07, 6.45) is -3.63. The molecule has 0 aliphatic carbocycles. The minimum atomic E-state index is -4.68. The maximum atomic E-state index is 14.1. The molecule has 3 aromatic heterocycles. The van der Waals surface area contributed by atoms with E-state index in [9.17, 15) is 26.3 Å². The fourth-order valence-corrected chi connectivity index (χ4v) is 2.14. The third-order valence-electron chi connectivity index (χ3n) is 3.54. The van der Waals surface area contributed by atoms with Crippen LogP contribution in [0.25, 0.3) is 16.9 Å². The van der Waals surface area contributed by atoms with Gasteiger partial charge in [-0.3, -0.25) is 9.38 Å². The molecular weight excluding hydrogens is 380 g/mol. The van der Waals surface area contributed by atoms with Crippen LogP contribution in [0.1, 0.15) is 19.7 Å². The second-order valence-electron chi connectivity index (χ2n) is 5.73. The van der Waals surface area contributed by atoms with Crippen LogP contribution >= 0.6 is 0 Å². The van der Waals surface area contributed by atoms with Crippen LogP contribution in [0.15, 0.2) is 24.7 Å². The lowest BCUT2D eigenvalue weighted by atomic mass is 10.2. The molecule has 1 atom stereocenters. The first kappa shape index (κ1) is 18.9. The number of aromatic nitrogens is 5. The van der Waals surface area contributed by atoms with Gasteiger partial charge in [0.2, 0.25) is 5.82 Å². The Balaban J connectivity index is 1.96. The van der Waals surface area contributed by atoms with Gasteiger partial charge in [0, 0.05) is 24.9 Å². The van der Waals surface area contributed by atoms with Gasteiger partial charge in [0.05, 0.1) is 11.9 Å². The fraction of sp³-hybridized carbons (Fsp3) is 0.333. The van der Waals surface area contributed by atoms with E-state index in [4.69, 9.17) is 0 Å². The third kappa shape index (κ3) is 3.78. The Labute approximate surface area is 147 Å². The first-order valence-electron chi connectivity index (χ1n) is 7.45. The van der Waals surface area contributed by atoms with Crippen molar-refractivity contribution in [1.82, 2.24) is 24.6 Å². The average molecular weight is 391 g/mol. The molecule has 27 heavy (non-hydrogen) atoms. The molecule has 0 fully saturated rings. The lowest BCUT2D eigenvalue weighted by molar-refractivity contribution is -0.190. The first-order chi connectivity index (χ1) is 12.5. The summed E-state index contributed by atoms with van der Waals surface area (Å²) >= 11 is 0. The molecule has 0 aliphatic rings. The van der Waals surface area contributed by atoms with Gasteiger partial charge in [0.15, 0.2) is 17.6 Å². The molecule has 0 spiro atoms. The van der Waals surface area contributed by atoms with Crippen molar-refractivity contribution in [2.24, 2.45) is 0 Å². The summed E-state index contributed by atoms with van der Waals surface area (Å²) in [7, 11) is 0. The van der Waals surface area contributed by atoms with Gasteiger partial charge in [-0.15, -0.1) is 10.2 Å². The molecule has 0 amide bonds. The van der Waals surface area contributed by atoms with E-state index in [1.807, 2.05) is 0 Å². The minimum absolute atomic E-state index is 0.0367. The first-order valence-corrected chi connectivity index (χ1v) is 7.45. The van der Waals surface area contributed by atoms with E-state index in [0.29, 0.717) is 13.8 Å². The molecule has 0 radical (unpaired) electrons. The van der Waals surface area contributed by atoms with Crippen LogP contribution in [0.3, 0.4) is 0 Å². The second-order valence-corrected chi connectivity index (χ2v) is 5.73. The molecule has 0 N–H and O–H groups in total. The summed E-state index contributed by atoms with van der Waals surface area (Å²) in [4.78, 5) is 7.47. The molecule has 3 rings (SSSR count). The third-order valence-corrected chi connectivity index (χ3v) is 3.54. The van der Waals surface area contributed by atoms with E-state index < -0.39 is 35.7 Å². The Morgan fingerprint density at radius 2 is 1.78 bits per heavy atom. The monoisotopic (exact) mass is 391 g/mol. The summed E-state index contributed by atoms with van der Waals surface area (Å²) in [6.45, 7) is 1.35. The predicted molar refractivity (Wildman–Crippen MR) is 79.7 cm³/mol. The van der Waals surface area contributed by atoms with Gasteiger partial charge >= 0.3 is 12.1 Å². The van der Waals surface area contributed by atoms with Crippen molar-refractivity contribution in [1.29, 1.82) is 0 Å². The Morgan fingerprint density at radius 1 is 1.07 bits per heavy atom. The van der Waals surface area contributed by atoms with E-state index in [1.165, 1.54) is 0 Å². The Bertz CT molecular complexity index is 981. The highest BCUT2D eigenvalue weighted by Gasteiger charge is 2.38. The zero-order valence-corrected chi connectivity index (χ0v) is 13.8. The van der Waals surface area contributed by atoms with Crippen LogP contribution in [0, 0.1) is 5.82 Å². The van der Waals surface area contributed by atoms with E-state index in [0.717, 1.165) is 29.1 Å². The maximum absolute atomic E-state index is 14.1. The summed E-state index contributed by atoms with van der Waals surface area (Å²) < 4.78 is 84.2. The van der Waals surface area contributed by atoms with Gasteiger partial charge in [-0.2, -0.15) is 22.0 Å². The van der Waals surface area contributed by atoms with E-state index in [-0.39, 0.29) is 16.9 Å². The summed E-state index contributed by atoms with van der Waals surface area (Å²) in [6, 6.07) is 0.841. The fourth-order valence-electron chi connectivity index (χ4n) is 2.14. The van der Waals surface area contributed by atoms with Crippen LogP contribution in [-0.2, 0) is 5.92 Å². The van der Waals surface area contributed by atoms with Gasteiger partial charge in [0.25, 0.3) is 5.88 Å². The number of hydrogen-bond acceptors (Lipinski definition) is 5. The van der Waals surface area contributed by atoms with E-state index in [2.05, 4.69) is 24.9 Å². The number of nitrogens with zero attached hydrogens (tertiary/aromatic N) is 5. The average Bonchev–Trinajstić information content (AvgIpc) is 2.99. The number of halogens is 6. The Hall–Kier alpha value is -2.92. The Morgan fingerprint density at radius 3 is 2.37 bits per heavy atom. The maximum Gasteiger partial charge on any atom is 0.425 e. The van der Waals surface area contributed by atoms with Crippen LogP contribution in [0.5, 0.6) is 5.88 Å². The molecule has 12 heteroatoms. The molecule has 144 valence electrons. The van der Waals surface area contributed by atoms with Crippen molar-refractivity contribution in [2.45, 2.75) is 32.1 Å². The molecule has 6 nitrogen and oxygen atoms in total. The quantitative estimate of drug-likeness (QED) is 0.634. The van der Waals surface area contributed by atoms with Crippen molar-refractivity contribution < 1.29 is 31.1 Å². The topological polar surface area (TPSA) is 65.2 Å². The highest BCUT2D eigenvalue weighted by atomic mass is 19.4. The van der Waals surface area contributed by atoms with Crippen molar-refractivity contribution in [3.63, 3.8) is 0 Å². The zero-order valence-electron chi connectivity index (χ0n) is 13.8. The molecule has 3 heterocycles. The number of hydrogen-bond donors (Lipinski definition) is 0. The van der Waals surface area contributed by atoms with Gasteiger partial charge in [-0.25, -0.2) is 9.37 Å². The molecular formula is C15H11F6N5O. The van der Waals surface area contributed by atoms with Crippen molar-refractivity contribution in [3.05, 3.63) is 36.3 Å². The van der Waals surface area contributed by atoms with Gasteiger partial charge in [-0.1, -0.05) is 0 Å². The van der Waals surface area contributed by atoms with Gasteiger partial charge < -0.3 is 4.74 Å². The van der Waals surface area contributed by atoms with Crippen molar-refractivity contribution in [2.75, 3.05) is 0 Å². The Kier molecular flexibility index (Phi) is 4.44. The highest BCUT2D eigenvalue weighted by Crippen LogP contribution is 2.29. The number of alkyl halides is 5. The van der Waals surface area contributed by atoms with Crippen LogP contribution < -0.4 is 4.74 Å². The number of pyridine rings is 1. The van der Waals surface area contributed by atoms with E-state index in [1.54, 1.807) is 0 Å². The van der Waals surface area contributed by atoms with E-state index >= 15 is 0 Å². The van der Waals surface area contributed by atoms with Crippen molar-refractivity contribution >= 4 is 5.65 Å². The highest BCUT2D eigenvalue weighted by molar-refractivity contribution is 5.59. The summed E-state index contributed by atoms with van der Waals surface area (Å²) in [5.41, 5.74) is 0.123. The lowest BCUT2D eigenvalue weighted by Crippen LogP contribution is -2.31. The molecule has 0 saturated heterocycles. The molecule has 0 saturated carbocycles. The van der Waals surface area contributed by atoms with Crippen LogP contribution in [-0.4, -0.2) is 36.8 Å². The largest absolute Gasteiger partial charge is 0.463 e. The standard InChI is InChI=1S/C15H11F6N5O/c1-7(15(19,20)21)27-12-9(16)3-8(4-23-12)10-6-26-11(5-22-10)24-25-13(26)14(2,17)18/h3-7H,1-2H3/t7-/m0/s1. The molecule has 0 aliphatic heterocycles. The second kappa shape index (κ2) is 6.35. The molecule has 0 bridgehead atoms. The molecule has 0 unspecified atom stereocenters. The van der Waals surface area contributed by atoms with Crippen molar-refractivity contribution in [3.8, 4) is 17.1 Å². The van der Waals surface area contributed by atoms with Crippen LogP contribution in [0.2, 0.25) is 0 Å². The predicted octanol–water partition coefficient (Wildman–Crippen LogP) is 3.77. The van der Waals surface area contributed by atoms with Crippen LogP contribution in [0.4, 0.5) is 26.3 Å². The summed E-state index contributed by atoms with van der Waals surface area (Å²) in [5, 5.41) is 6.96. The smallest absolute Gasteiger partial charge is 0.425 e. The number of ether oxygens (including phenoxy) is 1. The summed E-state index contributed by atoms with van der Waals surface area (Å²) in [5.74, 6) is -5.92. The normalized spacial score (nSPS) is 13.8. The molecule has 0 aromatic carbocycles. The molecule has 3 aromatic rings. The minimum Gasteiger partial charge on any atom is -0.463 e. The van der Waals surface area contributed by atoms with Gasteiger partial charge in [0.1, 0.15) is 0 Å². The number of fused-ring (bicyclic) bond motifs is 1.